The first kappa shape index (κ1) is 25.8. The molecule has 34 heavy (non-hydrogen) atoms. The number of hydrogen-bond acceptors (Lipinski definition) is 4. The second-order valence-corrected chi connectivity index (χ2v) is 8.85. The highest BCUT2D eigenvalue weighted by molar-refractivity contribution is 6.37. The van der Waals surface area contributed by atoms with Crippen LogP contribution in [0, 0.1) is 0 Å². The molecule has 0 saturated heterocycles. The number of carbonyl (C=O) groups excluding carboxylic acids is 2. The summed E-state index contributed by atoms with van der Waals surface area (Å²) in [5.41, 5.74) is 4.50. The van der Waals surface area contributed by atoms with E-state index in [9.17, 15) is 9.59 Å². The highest BCUT2D eigenvalue weighted by Crippen LogP contribution is 2.28. The number of hydrogen-bond donors (Lipinski definition) is 2. The molecule has 10 heteroatoms. The molecule has 0 aromatic heterocycles. The van der Waals surface area contributed by atoms with Crippen LogP contribution in [0.25, 0.3) is 0 Å². The monoisotopic (exact) mass is 537 g/mol. The van der Waals surface area contributed by atoms with E-state index in [-0.39, 0.29) is 10.9 Å². The van der Waals surface area contributed by atoms with Crippen LogP contribution in [0.1, 0.15) is 29.8 Å². The Bertz CT molecular complexity index is 1260. The van der Waals surface area contributed by atoms with Gasteiger partial charge in [0.05, 0.1) is 21.3 Å². The van der Waals surface area contributed by atoms with Crippen LogP contribution in [0.5, 0.6) is 5.75 Å². The van der Waals surface area contributed by atoms with E-state index in [0.29, 0.717) is 43.3 Å². The topological polar surface area (TPSA) is 79.8 Å². The zero-order chi connectivity index (χ0) is 24.8. The molecule has 2 N–H and O–H groups in total. The van der Waals surface area contributed by atoms with Crippen LogP contribution in [-0.4, -0.2) is 23.6 Å². The van der Waals surface area contributed by atoms with Gasteiger partial charge in [-0.05, 0) is 67.9 Å². The van der Waals surface area contributed by atoms with Gasteiger partial charge in [0.15, 0.2) is 6.10 Å². The molecule has 0 fully saturated rings. The first-order chi connectivity index (χ1) is 16.1. The SMILES string of the molecule is CC(=NNC(=O)C(C)Oc1ccc(Cl)cc1Cl)c1cccc(NC(=O)c2ccc(Cl)cc2Cl)c1. The van der Waals surface area contributed by atoms with E-state index in [1.165, 1.54) is 12.1 Å². The van der Waals surface area contributed by atoms with Gasteiger partial charge in [-0.2, -0.15) is 5.10 Å². The number of nitrogens with one attached hydrogen (secondary N) is 2. The lowest BCUT2D eigenvalue weighted by Crippen LogP contribution is -2.34. The maximum atomic E-state index is 12.6. The van der Waals surface area contributed by atoms with Crippen LogP contribution in [0.2, 0.25) is 20.1 Å². The quantitative estimate of drug-likeness (QED) is 0.254. The molecule has 0 saturated carbocycles. The number of ether oxygens (including phenoxy) is 1. The van der Waals surface area contributed by atoms with E-state index < -0.39 is 12.0 Å². The summed E-state index contributed by atoms with van der Waals surface area (Å²) in [4.78, 5) is 24.9. The number of hydrazone groups is 1. The van der Waals surface area contributed by atoms with Crippen molar-refractivity contribution in [1.82, 2.24) is 5.43 Å². The number of benzene rings is 3. The number of anilines is 1. The molecule has 0 aliphatic heterocycles. The zero-order valence-electron chi connectivity index (χ0n) is 18.0. The molecule has 3 rings (SSSR count). The van der Waals surface area contributed by atoms with Gasteiger partial charge in [0.2, 0.25) is 0 Å². The Labute approximate surface area is 216 Å². The maximum absolute atomic E-state index is 12.6. The van der Waals surface area contributed by atoms with Crippen LogP contribution >= 0.6 is 46.4 Å². The third kappa shape index (κ3) is 6.87. The van der Waals surface area contributed by atoms with Gasteiger partial charge in [-0.15, -0.1) is 0 Å². The summed E-state index contributed by atoms with van der Waals surface area (Å²) in [6, 6.07) is 16.4. The van der Waals surface area contributed by atoms with Gasteiger partial charge in [-0.1, -0.05) is 58.5 Å². The van der Waals surface area contributed by atoms with Crippen molar-refractivity contribution >= 4 is 69.6 Å². The predicted octanol–water partition coefficient (Wildman–Crippen LogP) is 6.86. The van der Waals surface area contributed by atoms with Gasteiger partial charge in [-0.3, -0.25) is 9.59 Å². The van der Waals surface area contributed by atoms with Crippen molar-refractivity contribution in [3.63, 3.8) is 0 Å². The highest BCUT2D eigenvalue weighted by atomic mass is 35.5. The molecule has 1 unspecified atom stereocenters. The Morgan fingerprint density at radius 2 is 1.59 bits per heavy atom. The van der Waals surface area contributed by atoms with E-state index in [1.807, 2.05) is 0 Å². The average Bonchev–Trinajstić information content (AvgIpc) is 2.79. The first-order valence-electron chi connectivity index (χ1n) is 9.96. The second-order valence-electron chi connectivity index (χ2n) is 7.17. The van der Waals surface area contributed by atoms with Crippen LogP contribution in [0.3, 0.4) is 0 Å². The van der Waals surface area contributed by atoms with Gasteiger partial charge < -0.3 is 10.1 Å². The lowest BCUT2D eigenvalue weighted by atomic mass is 10.1. The van der Waals surface area contributed by atoms with Crippen LogP contribution in [0.4, 0.5) is 5.69 Å². The summed E-state index contributed by atoms with van der Waals surface area (Å²) in [7, 11) is 0. The van der Waals surface area contributed by atoms with Gasteiger partial charge in [0, 0.05) is 15.7 Å². The first-order valence-corrected chi connectivity index (χ1v) is 11.5. The highest BCUT2D eigenvalue weighted by Gasteiger charge is 2.16. The Kier molecular flexibility index (Phi) is 8.80. The molecule has 176 valence electrons. The van der Waals surface area contributed by atoms with Gasteiger partial charge in [0.1, 0.15) is 5.75 Å². The fraction of sp³-hybridized carbons (Fsp3) is 0.125. The molecule has 0 bridgehead atoms. The third-order valence-electron chi connectivity index (χ3n) is 4.61. The number of amides is 2. The van der Waals surface area contributed by atoms with E-state index in [2.05, 4.69) is 15.8 Å². The molecule has 0 radical (unpaired) electrons. The van der Waals surface area contributed by atoms with Crippen molar-refractivity contribution in [3.05, 3.63) is 91.9 Å². The lowest BCUT2D eigenvalue weighted by Gasteiger charge is -2.14. The number of rotatable bonds is 7. The summed E-state index contributed by atoms with van der Waals surface area (Å²) in [5.74, 6) is -0.514. The smallest absolute Gasteiger partial charge is 0.280 e. The van der Waals surface area contributed by atoms with Gasteiger partial charge in [0.25, 0.3) is 11.8 Å². The fourth-order valence-corrected chi connectivity index (χ4v) is 3.75. The normalized spacial score (nSPS) is 12.1. The standard InChI is InChI=1S/C24H19Cl4N3O3/c1-13(30-31-23(32)14(2)34-22-9-7-17(26)12-21(22)28)15-4-3-5-18(10-15)29-24(33)19-8-6-16(25)11-20(19)27/h3-12,14H,1-2H3,(H,29,33)(H,31,32). The van der Waals surface area contributed by atoms with E-state index in [4.69, 9.17) is 51.1 Å². The minimum Gasteiger partial charge on any atom is -0.479 e. The Morgan fingerprint density at radius 3 is 2.26 bits per heavy atom. The molecular formula is C24H19Cl4N3O3. The van der Waals surface area contributed by atoms with Crippen molar-refractivity contribution in [2.75, 3.05) is 5.32 Å². The zero-order valence-corrected chi connectivity index (χ0v) is 21.1. The van der Waals surface area contributed by atoms with E-state index in [1.54, 1.807) is 62.4 Å². The van der Waals surface area contributed by atoms with Crippen LogP contribution in [-0.2, 0) is 4.79 Å². The summed E-state index contributed by atoms with van der Waals surface area (Å²) in [6.07, 6.45) is -0.857. The summed E-state index contributed by atoms with van der Waals surface area (Å²) < 4.78 is 5.58. The van der Waals surface area contributed by atoms with Crippen molar-refractivity contribution in [3.8, 4) is 5.75 Å². The number of carbonyl (C=O) groups is 2. The second kappa shape index (κ2) is 11.6. The van der Waals surface area contributed by atoms with E-state index in [0.717, 1.165) is 0 Å². The third-order valence-corrected chi connectivity index (χ3v) is 5.69. The maximum Gasteiger partial charge on any atom is 0.280 e. The number of nitrogens with zero attached hydrogens (tertiary/aromatic N) is 1. The van der Waals surface area contributed by atoms with Crippen molar-refractivity contribution in [2.24, 2.45) is 5.10 Å². The molecule has 6 nitrogen and oxygen atoms in total. The van der Waals surface area contributed by atoms with Crippen LogP contribution < -0.4 is 15.5 Å². The molecule has 1 atom stereocenters. The minimum absolute atomic E-state index is 0.248. The van der Waals surface area contributed by atoms with Gasteiger partial charge in [-0.25, -0.2) is 5.43 Å². The molecule has 0 aliphatic rings. The molecule has 0 heterocycles. The predicted molar refractivity (Wildman–Crippen MR) is 138 cm³/mol. The Hall–Kier alpha value is -2.77. The van der Waals surface area contributed by atoms with Crippen molar-refractivity contribution < 1.29 is 14.3 Å². The summed E-state index contributed by atoms with van der Waals surface area (Å²) in [6.45, 7) is 3.29. The van der Waals surface area contributed by atoms with Crippen molar-refractivity contribution in [2.45, 2.75) is 20.0 Å². The molecular weight excluding hydrogens is 520 g/mol. The van der Waals surface area contributed by atoms with Crippen molar-refractivity contribution in [1.29, 1.82) is 0 Å². The van der Waals surface area contributed by atoms with Gasteiger partial charge >= 0.3 is 0 Å². The molecule has 0 aliphatic carbocycles. The summed E-state index contributed by atoms with van der Waals surface area (Å²) in [5, 5.41) is 8.36. The molecule has 3 aromatic carbocycles. The van der Waals surface area contributed by atoms with E-state index >= 15 is 0 Å². The minimum atomic E-state index is -0.857. The summed E-state index contributed by atoms with van der Waals surface area (Å²) >= 11 is 23.9. The Morgan fingerprint density at radius 1 is 0.912 bits per heavy atom. The fourth-order valence-electron chi connectivity index (χ4n) is 2.80. The lowest BCUT2D eigenvalue weighted by molar-refractivity contribution is -0.127. The number of halogens is 4. The Balaban J connectivity index is 1.64. The van der Waals surface area contributed by atoms with Crippen LogP contribution in [0.15, 0.2) is 65.8 Å². The molecule has 3 aromatic rings. The largest absolute Gasteiger partial charge is 0.479 e. The molecule has 2 amide bonds. The average molecular weight is 539 g/mol. The molecule has 0 spiro atoms.